The van der Waals surface area contributed by atoms with Crippen LogP contribution in [-0.2, 0) is 0 Å². The van der Waals surface area contributed by atoms with E-state index in [0.717, 1.165) is 29.4 Å². The van der Waals surface area contributed by atoms with Crippen molar-refractivity contribution in [1.29, 1.82) is 10.8 Å². The average Bonchev–Trinajstić information content (AvgIpc) is 2.51. The fourth-order valence-corrected chi connectivity index (χ4v) is 3.46. The van der Waals surface area contributed by atoms with Gasteiger partial charge in [-0.2, -0.15) is 0 Å². The first-order valence-corrected chi connectivity index (χ1v) is 9.34. The molecule has 8 heteroatoms. The van der Waals surface area contributed by atoms with E-state index in [9.17, 15) is 4.39 Å². The molecule has 1 aliphatic carbocycles. The predicted molar refractivity (Wildman–Crippen MR) is 108 cm³/mol. The van der Waals surface area contributed by atoms with Crippen molar-refractivity contribution in [3.8, 4) is 0 Å². The molecule has 0 spiro atoms. The van der Waals surface area contributed by atoms with Crippen LogP contribution in [0.4, 0.5) is 4.39 Å². The van der Waals surface area contributed by atoms with E-state index in [2.05, 4.69) is 31.6 Å². The van der Waals surface area contributed by atoms with Gasteiger partial charge in [-0.15, -0.1) is 0 Å². The molecule has 1 aromatic rings. The highest BCUT2D eigenvalue weighted by Gasteiger charge is 2.18. The van der Waals surface area contributed by atoms with E-state index in [-0.39, 0.29) is 5.82 Å². The van der Waals surface area contributed by atoms with E-state index < -0.39 is 0 Å². The second-order valence-electron chi connectivity index (χ2n) is 5.34. The zero-order valence-electron chi connectivity index (χ0n) is 12.9. The molecule has 0 heterocycles. The van der Waals surface area contributed by atoms with Crippen molar-refractivity contribution in [1.82, 2.24) is 10.6 Å². The molecule has 24 heavy (non-hydrogen) atoms. The van der Waals surface area contributed by atoms with Crippen LogP contribution in [0.1, 0.15) is 24.8 Å². The number of hydrogen-bond acceptors (Lipinski definition) is 3. The summed E-state index contributed by atoms with van der Waals surface area (Å²) in [6.07, 6.45) is 5.73. The van der Waals surface area contributed by atoms with Crippen LogP contribution < -0.4 is 10.6 Å². The number of halogens is 3. The Bertz CT molecular complexity index is 685. The fourth-order valence-electron chi connectivity index (χ4n) is 2.15. The van der Waals surface area contributed by atoms with E-state index in [4.69, 9.17) is 10.8 Å². The van der Waals surface area contributed by atoms with Gasteiger partial charge in [-0.25, -0.2) is 9.38 Å². The van der Waals surface area contributed by atoms with Crippen molar-refractivity contribution in [2.24, 2.45) is 4.99 Å². The van der Waals surface area contributed by atoms with Crippen molar-refractivity contribution in [2.45, 2.75) is 25.3 Å². The number of rotatable bonds is 7. The quantitative estimate of drug-likeness (QED) is 0.197. The fraction of sp³-hybridized carbons (Fsp3) is 0.312. The summed E-state index contributed by atoms with van der Waals surface area (Å²) in [5.41, 5.74) is 1.46. The van der Waals surface area contributed by atoms with Gasteiger partial charge in [0.15, 0.2) is 0 Å². The number of nitrogens with zero attached hydrogens (tertiary/aromatic N) is 1. The van der Waals surface area contributed by atoms with Crippen molar-refractivity contribution >= 4 is 56.9 Å². The molecule has 0 atom stereocenters. The lowest BCUT2D eigenvalue weighted by atomic mass is 9.93. The predicted octanol–water partition coefficient (Wildman–Crippen LogP) is 3.77. The van der Waals surface area contributed by atoms with Gasteiger partial charge in [-0.1, -0.05) is 0 Å². The van der Waals surface area contributed by atoms with Crippen LogP contribution in [0.25, 0.3) is 0 Å². The summed E-state index contributed by atoms with van der Waals surface area (Å²) >= 11 is 5.53. The average molecular weight is 506 g/mol. The van der Waals surface area contributed by atoms with E-state index in [1.165, 1.54) is 24.8 Å². The standard InChI is InChI=1S/C16H18BrFIN5/c17-15(24-12-2-1-3-12)10(7-20)8-22-16(23-9-21)13-5-4-11(18)6-14(13)19/h4-7,9,12,20,24H,1-3,8H2,(H2,21,22,23)/b15-10+,20-7?. The lowest BCUT2D eigenvalue weighted by Gasteiger charge is -2.28. The molecule has 2 rings (SSSR count). The number of benzene rings is 1. The van der Waals surface area contributed by atoms with Crippen molar-refractivity contribution < 1.29 is 4.39 Å². The van der Waals surface area contributed by atoms with Gasteiger partial charge in [0.05, 0.1) is 4.61 Å². The Morgan fingerprint density at radius 3 is 2.71 bits per heavy atom. The van der Waals surface area contributed by atoms with Crippen molar-refractivity contribution in [3.63, 3.8) is 0 Å². The summed E-state index contributed by atoms with van der Waals surface area (Å²) in [7, 11) is 0. The van der Waals surface area contributed by atoms with Crippen LogP contribution in [0.15, 0.2) is 33.4 Å². The SMILES string of the molecule is N=C/N=C(\NC/C(C=N)=C(\Br)NC1CCC1)c1ccc(F)cc1I. The minimum absolute atomic E-state index is 0.315. The molecule has 1 saturated carbocycles. The smallest absolute Gasteiger partial charge is 0.136 e. The Kier molecular flexibility index (Phi) is 7.35. The van der Waals surface area contributed by atoms with Crippen molar-refractivity contribution in [3.05, 3.63) is 43.3 Å². The maximum Gasteiger partial charge on any atom is 0.136 e. The molecular weight excluding hydrogens is 488 g/mol. The molecule has 0 unspecified atom stereocenters. The second-order valence-corrected chi connectivity index (χ2v) is 7.30. The molecule has 0 amide bonds. The van der Waals surface area contributed by atoms with Gasteiger partial charge in [-0.05, 0) is 76.0 Å². The molecular formula is C16H18BrFIN5. The van der Waals surface area contributed by atoms with Crippen LogP contribution in [0.2, 0.25) is 0 Å². The van der Waals surface area contributed by atoms with Crippen LogP contribution in [-0.4, -0.2) is 31.0 Å². The van der Waals surface area contributed by atoms with Crippen LogP contribution in [0, 0.1) is 20.2 Å². The van der Waals surface area contributed by atoms with Gasteiger partial charge in [0, 0.05) is 33.5 Å². The van der Waals surface area contributed by atoms with E-state index in [1.807, 2.05) is 22.6 Å². The summed E-state index contributed by atoms with van der Waals surface area (Å²) in [6, 6.07) is 4.86. The highest BCUT2D eigenvalue weighted by atomic mass is 127. The molecule has 0 aromatic heterocycles. The molecule has 0 saturated heterocycles. The first kappa shape index (κ1) is 19.0. The Hall–Kier alpha value is -1.29. The lowest BCUT2D eigenvalue weighted by molar-refractivity contribution is 0.370. The van der Waals surface area contributed by atoms with Crippen LogP contribution >= 0.6 is 38.5 Å². The Morgan fingerprint density at radius 2 is 2.17 bits per heavy atom. The molecule has 128 valence electrons. The molecule has 0 bridgehead atoms. The van der Waals surface area contributed by atoms with E-state index in [1.54, 1.807) is 6.07 Å². The Labute approximate surface area is 162 Å². The molecule has 1 aliphatic rings. The third-order valence-corrected chi connectivity index (χ3v) is 5.35. The summed E-state index contributed by atoms with van der Waals surface area (Å²) in [4.78, 5) is 4.03. The minimum atomic E-state index is -0.315. The largest absolute Gasteiger partial charge is 0.376 e. The first-order valence-electron chi connectivity index (χ1n) is 7.47. The normalized spacial score (nSPS) is 16.0. The summed E-state index contributed by atoms with van der Waals surface area (Å²) in [5, 5.41) is 21.3. The lowest BCUT2D eigenvalue weighted by Crippen LogP contribution is -2.35. The van der Waals surface area contributed by atoms with Gasteiger partial charge in [0.25, 0.3) is 0 Å². The zero-order valence-corrected chi connectivity index (χ0v) is 16.6. The molecule has 4 N–H and O–H groups in total. The Balaban J connectivity index is 2.12. The summed E-state index contributed by atoms with van der Waals surface area (Å²) in [6.45, 7) is 0.365. The number of aliphatic imine (C=N–C) groups is 1. The molecule has 1 aromatic carbocycles. The summed E-state index contributed by atoms with van der Waals surface area (Å²) in [5.74, 6) is 0.155. The maximum absolute atomic E-state index is 13.3. The highest BCUT2D eigenvalue weighted by molar-refractivity contribution is 14.1. The number of nitrogens with one attached hydrogen (secondary N) is 4. The van der Waals surface area contributed by atoms with Gasteiger partial charge in [-0.3, -0.25) is 5.41 Å². The highest BCUT2D eigenvalue weighted by Crippen LogP contribution is 2.21. The van der Waals surface area contributed by atoms with E-state index in [0.29, 0.717) is 27.6 Å². The third-order valence-electron chi connectivity index (χ3n) is 3.72. The molecule has 0 radical (unpaired) electrons. The topological polar surface area (TPSA) is 84.1 Å². The first-order chi connectivity index (χ1) is 11.5. The van der Waals surface area contributed by atoms with Crippen molar-refractivity contribution in [2.75, 3.05) is 6.54 Å². The van der Waals surface area contributed by atoms with Gasteiger partial charge < -0.3 is 16.0 Å². The molecule has 0 aliphatic heterocycles. The zero-order chi connectivity index (χ0) is 17.5. The second kappa shape index (κ2) is 9.26. The monoisotopic (exact) mass is 505 g/mol. The Morgan fingerprint density at radius 1 is 1.42 bits per heavy atom. The number of amidine groups is 1. The minimum Gasteiger partial charge on any atom is -0.376 e. The maximum atomic E-state index is 13.3. The van der Waals surface area contributed by atoms with Gasteiger partial charge in [0.1, 0.15) is 18.0 Å². The summed E-state index contributed by atoms with van der Waals surface area (Å²) < 4.78 is 14.8. The van der Waals surface area contributed by atoms with Gasteiger partial charge >= 0.3 is 0 Å². The van der Waals surface area contributed by atoms with E-state index >= 15 is 0 Å². The van der Waals surface area contributed by atoms with Gasteiger partial charge in [0.2, 0.25) is 0 Å². The molecule has 1 fully saturated rings. The van der Waals surface area contributed by atoms with Crippen LogP contribution in [0.5, 0.6) is 0 Å². The number of hydrogen-bond donors (Lipinski definition) is 4. The van der Waals surface area contributed by atoms with Crippen LogP contribution in [0.3, 0.4) is 0 Å². The molecule has 5 nitrogen and oxygen atoms in total. The third kappa shape index (κ3) is 5.10.